The molecule has 0 aliphatic heterocycles. The molecule has 1 nitrogen and oxygen atoms in total. The Morgan fingerprint density at radius 1 is 0.800 bits per heavy atom. The molecule has 0 saturated carbocycles. The van der Waals surface area contributed by atoms with E-state index in [-0.39, 0.29) is 0 Å². The van der Waals surface area contributed by atoms with Crippen molar-refractivity contribution in [2.45, 2.75) is 15.2 Å². The van der Waals surface area contributed by atoms with E-state index in [1.54, 1.807) is 23.1 Å². The highest BCUT2D eigenvalue weighted by atomic mass is 32.2. The lowest BCUT2D eigenvalue weighted by Gasteiger charge is -2.11. The highest BCUT2D eigenvalue weighted by Crippen LogP contribution is 2.32. The number of rotatable bonds is 4. The van der Waals surface area contributed by atoms with Crippen molar-refractivity contribution in [3.05, 3.63) is 83.2 Å². The van der Waals surface area contributed by atoms with Crippen molar-refractivity contribution in [3.63, 3.8) is 0 Å². The molecule has 0 saturated heterocycles. The zero-order chi connectivity index (χ0) is 13.8. The fraction of sp³-hybridized carbons (Fsp3) is 0.0588. The Morgan fingerprint density at radius 2 is 1.50 bits per heavy atom. The topological polar surface area (TPSA) is 20.2 Å². The van der Waals surface area contributed by atoms with E-state index in [9.17, 15) is 5.11 Å². The van der Waals surface area contributed by atoms with Crippen molar-refractivity contribution in [1.29, 1.82) is 0 Å². The smallest absolute Gasteiger partial charge is 0.104 e. The summed E-state index contributed by atoms with van der Waals surface area (Å²) in [6, 6.07) is 22.0. The summed E-state index contributed by atoms with van der Waals surface area (Å²) in [7, 11) is 0. The van der Waals surface area contributed by atoms with Gasteiger partial charge < -0.3 is 5.11 Å². The van der Waals surface area contributed by atoms with Gasteiger partial charge in [-0.05, 0) is 34.7 Å². The standard InChI is InChI=1S/C17H14OS2/c18-17(13-5-2-1-3-6-13)14-8-10-15(11-9-14)20-16-7-4-12-19-16/h1-12,17-18H. The summed E-state index contributed by atoms with van der Waals surface area (Å²) in [5.74, 6) is 0. The molecule has 0 fully saturated rings. The van der Waals surface area contributed by atoms with Gasteiger partial charge in [0.1, 0.15) is 6.10 Å². The SMILES string of the molecule is OC(c1ccccc1)c1ccc(Sc2cccs2)cc1. The molecule has 3 aromatic rings. The maximum absolute atomic E-state index is 10.3. The number of thiophene rings is 1. The fourth-order valence-electron chi connectivity index (χ4n) is 1.98. The molecule has 20 heavy (non-hydrogen) atoms. The van der Waals surface area contributed by atoms with Gasteiger partial charge in [-0.2, -0.15) is 0 Å². The lowest BCUT2D eigenvalue weighted by molar-refractivity contribution is 0.220. The second-order valence-electron chi connectivity index (χ2n) is 4.42. The molecule has 0 spiro atoms. The van der Waals surface area contributed by atoms with Gasteiger partial charge >= 0.3 is 0 Å². The molecule has 1 N–H and O–H groups in total. The molecule has 1 unspecified atom stereocenters. The summed E-state index contributed by atoms with van der Waals surface area (Å²) in [4.78, 5) is 1.19. The average Bonchev–Trinajstić information content (AvgIpc) is 3.01. The minimum absolute atomic E-state index is 0.558. The Labute approximate surface area is 126 Å². The molecular weight excluding hydrogens is 284 g/mol. The van der Waals surface area contributed by atoms with Crippen LogP contribution in [0.3, 0.4) is 0 Å². The third kappa shape index (κ3) is 3.12. The van der Waals surface area contributed by atoms with Crippen LogP contribution in [0.4, 0.5) is 0 Å². The van der Waals surface area contributed by atoms with Gasteiger partial charge in [-0.25, -0.2) is 0 Å². The Morgan fingerprint density at radius 3 is 2.15 bits per heavy atom. The van der Waals surface area contributed by atoms with E-state index in [0.717, 1.165) is 11.1 Å². The summed E-state index contributed by atoms with van der Waals surface area (Å²) in [5.41, 5.74) is 1.85. The molecule has 3 rings (SSSR count). The van der Waals surface area contributed by atoms with Crippen LogP contribution in [0.1, 0.15) is 17.2 Å². The summed E-state index contributed by atoms with van der Waals surface area (Å²) in [5, 5.41) is 12.4. The summed E-state index contributed by atoms with van der Waals surface area (Å²) >= 11 is 3.49. The van der Waals surface area contributed by atoms with E-state index >= 15 is 0 Å². The van der Waals surface area contributed by atoms with E-state index in [1.165, 1.54) is 9.10 Å². The molecule has 1 atom stereocenters. The van der Waals surface area contributed by atoms with Gasteiger partial charge in [0.25, 0.3) is 0 Å². The van der Waals surface area contributed by atoms with Gasteiger partial charge in [-0.1, -0.05) is 60.3 Å². The monoisotopic (exact) mass is 298 g/mol. The molecule has 0 aliphatic carbocycles. The van der Waals surface area contributed by atoms with E-state index in [2.05, 4.69) is 29.6 Å². The quantitative estimate of drug-likeness (QED) is 0.733. The molecule has 0 radical (unpaired) electrons. The fourth-order valence-corrected chi connectivity index (χ4v) is 3.73. The van der Waals surface area contributed by atoms with Gasteiger partial charge in [0.2, 0.25) is 0 Å². The summed E-state index contributed by atoms with van der Waals surface area (Å²) < 4.78 is 1.28. The molecule has 0 bridgehead atoms. The van der Waals surface area contributed by atoms with Crippen molar-refractivity contribution in [2.75, 3.05) is 0 Å². The predicted molar refractivity (Wildman–Crippen MR) is 85.4 cm³/mol. The second-order valence-corrected chi connectivity index (χ2v) is 6.74. The highest BCUT2D eigenvalue weighted by molar-refractivity contribution is 8.01. The molecule has 1 aromatic heterocycles. The summed E-state index contributed by atoms with van der Waals surface area (Å²) in [6.45, 7) is 0. The van der Waals surface area contributed by atoms with Gasteiger partial charge in [-0.3, -0.25) is 0 Å². The van der Waals surface area contributed by atoms with Crippen LogP contribution in [0.5, 0.6) is 0 Å². The normalized spacial score (nSPS) is 12.2. The van der Waals surface area contributed by atoms with Crippen LogP contribution in [-0.4, -0.2) is 5.11 Å². The van der Waals surface area contributed by atoms with E-state index in [1.807, 2.05) is 42.5 Å². The molecule has 2 aromatic carbocycles. The first-order valence-corrected chi connectivity index (χ1v) is 8.07. The van der Waals surface area contributed by atoms with Gasteiger partial charge in [0, 0.05) is 4.90 Å². The zero-order valence-electron chi connectivity index (χ0n) is 10.8. The minimum Gasteiger partial charge on any atom is -0.384 e. The number of hydrogen-bond donors (Lipinski definition) is 1. The number of aliphatic hydroxyl groups is 1. The number of benzene rings is 2. The van der Waals surface area contributed by atoms with Gasteiger partial charge in [0.05, 0.1) is 4.21 Å². The van der Waals surface area contributed by atoms with Crippen LogP contribution in [-0.2, 0) is 0 Å². The molecule has 100 valence electrons. The van der Waals surface area contributed by atoms with Crippen LogP contribution < -0.4 is 0 Å². The summed E-state index contributed by atoms with van der Waals surface area (Å²) in [6.07, 6.45) is -0.558. The van der Waals surface area contributed by atoms with Crippen molar-refractivity contribution in [2.24, 2.45) is 0 Å². The second kappa shape index (κ2) is 6.27. The van der Waals surface area contributed by atoms with Crippen LogP contribution in [0.25, 0.3) is 0 Å². The van der Waals surface area contributed by atoms with Crippen molar-refractivity contribution >= 4 is 23.1 Å². The number of aliphatic hydroxyl groups excluding tert-OH is 1. The predicted octanol–water partition coefficient (Wildman–Crippen LogP) is 4.98. The maximum Gasteiger partial charge on any atom is 0.104 e. The third-order valence-corrected chi connectivity index (χ3v) is 5.07. The van der Waals surface area contributed by atoms with Crippen molar-refractivity contribution in [3.8, 4) is 0 Å². The molecular formula is C17H14OS2. The maximum atomic E-state index is 10.3. The first-order chi connectivity index (χ1) is 9.83. The Balaban J connectivity index is 1.76. The molecule has 1 heterocycles. The lowest BCUT2D eigenvalue weighted by atomic mass is 10.0. The number of hydrogen-bond acceptors (Lipinski definition) is 3. The van der Waals surface area contributed by atoms with Crippen LogP contribution in [0.15, 0.2) is 81.2 Å². The van der Waals surface area contributed by atoms with Crippen LogP contribution >= 0.6 is 23.1 Å². The van der Waals surface area contributed by atoms with E-state index < -0.39 is 6.10 Å². The van der Waals surface area contributed by atoms with Crippen molar-refractivity contribution in [1.82, 2.24) is 0 Å². The minimum atomic E-state index is -0.558. The van der Waals surface area contributed by atoms with Gasteiger partial charge in [0.15, 0.2) is 0 Å². The Kier molecular flexibility index (Phi) is 4.21. The lowest BCUT2D eigenvalue weighted by Crippen LogP contribution is -1.98. The van der Waals surface area contributed by atoms with Gasteiger partial charge in [-0.15, -0.1) is 11.3 Å². The first-order valence-electron chi connectivity index (χ1n) is 6.37. The Hall–Kier alpha value is -1.55. The van der Waals surface area contributed by atoms with Crippen LogP contribution in [0.2, 0.25) is 0 Å². The van der Waals surface area contributed by atoms with Crippen molar-refractivity contribution < 1.29 is 5.11 Å². The third-order valence-electron chi connectivity index (χ3n) is 3.02. The first kappa shape index (κ1) is 13.4. The molecule has 0 aliphatic rings. The Bertz CT molecular complexity index is 645. The molecule has 0 amide bonds. The highest BCUT2D eigenvalue weighted by Gasteiger charge is 2.09. The van der Waals surface area contributed by atoms with E-state index in [0.29, 0.717) is 0 Å². The molecule has 3 heteroatoms. The zero-order valence-corrected chi connectivity index (χ0v) is 12.4. The van der Waals surface area contributed by atoms with E-state index in [4.69, 9.17) is 0 Å². The largest absolute Gasteiger partial charge is 0.384 e. The van der Waals surface area contributed by atoms with Crippen LogP contribution in [0, 0.1) is 0 Å². The average molecular weight is 298 g/mol.